The van der Waals surface area contributed by atoms with E-state index in [-0.39, 0.29) is 5.91 Å². The number of benzene rings is 2. The van der Waals surface area contributed by atoms with E-state index in [2.05, 4.69) is 26.6 Å². The topological polar surface area (TPSA) is 127 Å². The zero-order valence-corrected chi connectivity index (χ0v) is 18.5. The van der Waals surface area contributed by atoms with Gasteiger partial charge in [0.1, 0.15) is 12.3 Å². The van der Waals surface area contributed by atoms with Crippen LogP contribution in [-0.4, -0.2) is 46.3 Å². The summed E-state index contributed by atoms with van der Waals surface area (Å²) in [6, 6.07) is 10.2. The number of carbonyl (C=O) groups excluding carboxylic acids is 4. The van der Waals surface area contributed by atoms with Gasteiger partial charge in [-0.3, -0.25) is 14.2 Å². The highest BCUT2D eigenvalue weighted by Crippen LogP contribution is 2.28. The van der Waals surface area contributed by atoms with Gasteiger partial charge in [-0.2, -0.15) is 0 Å². The monoisotopic (exact) mass is 497 g/mol. The Morgan fingerprint density at radius 1 is 1.12 bits per heavy atom. The van der Waals surface area contributed by atoms with Gasteiger partial charge in [0.25, 0.3) is 0 Å². The van der Waals surface area contributed by atoms with Crippen molar-refractivity contribution < 1.29 is 19.2 Å². The van der Waals surface area contributed by atoms with Gasteiger partial charge in [-0.25, -0.2) is 9.59 Å². The number of aldehydes is 1. The Balaban J connectivity index is 1.52. The van der Waals surface area contributed by atoms with Crippen LogP contribution in [0.1, 0.15) is 23.2 Å². The van der Waals surface area contributed by atoms with Gasteiger partial charge in [0.05, 0.1) is 11.2 Å². The first-order valence-electron chi connectivity index (χ1n) is 9.91. The summed E-state index contributed by atoms with van der Waals surface area (Å²) in [5, 5.41) is 6.25. The third kappa shape index (κ3) is 4.22. The van der Waals surface area contributed by atoms with Gasteiger partial charge in [0.15, 0.2) is 0 Å². The van der Waals surface area contributed by atoms with Gasteiger partial charge in [0, 0.05) is 33.9 Å². The highest BCUT2D eigenvalue weighted by Gasteiger charge is 2.34. The van der Waals surface area contributed by atoms with Crippen molar-refractivity contribution in [3.05, 3.63) is 58.7 Å². The smallest absolute Gasteiger partial charge is 0.323 e. The van der Waals surface area contributed by atoms with E-state index < -0.39 is 18.1 Å². The molecule has 1 saturated heterocycles. The summed E-state index contributed by atoms with van der Waals surface area (Å²) in [5.41, 5.74) is 7.32. The van der Waals surface area contributed by atoms with Crippen LogP contribution in [0, 0.1) is 0 Å². The number of nitrogens with two attached hydrogens (primary N) is 1. The second-order valence-corrected chi connectivity index (χ2v) is 8.35. The number of nitrogens with zero attached hydrogens (tertiary/aromatic N) is 2. The average Bonchev–Trinajstić information content (AvgIpc) is 3.39. The lowest BCUT2D eigenvalue weighted by atomic mass is 10.2. The van der Waals surface area contributed by atoms with Crippen molar-refractivity contribution in [3.63, 3.8) is 0 Å². The standard InChI is InChI=1S/C22H20BrN5O4/c23-14-8-13(12-29)9-15(10-14)25-20(30)19-6-3-7-27(19)22(32)26-17-11-28(21(24)31)18-5-2-1-4-16(17)18/h1-2,4-5,8-12,19H,3,6-7H2,(H2,24,31)(H,25,30)(H,26,32)/t19-/m0/s1. The minimum atomic E-state index is -0.668. The molecule has 0 bridgehead atoms. The van der Waals surface area contributed by atoms with E-state index in [4.69, 9.17) is 5.73 Å². The lowest BCUT2D eigenvalue weighted by Gasteiger charge is -2.24. The summed E-state index contributed by atoms with van der Waals surface area (Å²) < 4.78 is 1.92. The number of fused-ring (bicyclic) bond motifs is 1. The number of carbonyl (C=O) groups is 4. The molecule has 0 saturated carbocycles. The van der Waals surface area contributed by atoms with Crippen molar-refractivity contribution in [1.29, 1.82) is 0 Å². The summed E-state index contributed by atoms with van der Waals surface area (Å²) in [6.07, 6.45) is 3.35. The van der Waals surface area contributed by atoms with E-state index in [1.54, 1.807) is 42.5 Å². The highest BCUT2D eigenvalue weighted by molar-refractivity contribution is 9.10. The van der Waals surface area contributed by atoms with Crippen LogP contribution in [0.15, 0.2) is 53.1 Å². The number of hydrogen-bond donors (Lipinski definition) is 3. The number of halogens is 1. The molecule has 9 nitrogen and oxygen atoms in total. The fourth-order valence-electron chi connectivity index (χ4n) is 3.91. The van der Waals surface area contributed by atoms with Crippen LogP contribution in [0.25, 0.3) is 10.9 Å². The predicted octanol–water partition coefficient (Wildman–Crippen LogP) is 3.78. The van der Waals surface area contributed by atoms with E-state index in [0.29, 0.717) is 58.0 Å². The van der Waals surface area contributed by atoms with Gasteiger partial charge < -0.3 is 21.3 Å². The molecule has 1 fully saturated rings. The van der Waals surface area contributed by atoms with Crippen LogP contribution in [0.4, 0.5) is 21.0 Å². The lowest BCUT2D eigenvalue weighted by molar-refractivity contribution is -0.119. The van der Waals surface area contributed by atoms with E-state index in [9.17, 15) is 19.2 Å². The molecule has 1 aliphatic heterocycles. The number of amides is 4. The van der Waals surface area contributed by atoms with E-state index >= 15 is 0 Å². The first-order valence-corrected chi connectivity index (χ1v) is 10.7. The molecule has 4 rings (SSSR count). The van der Waals surface area contributed by atoms with Crippen LogP contribution in [-0.2, 0) is 4.79 Å². The van der Waals surface area contributed by atoms with Crippen molar-refractivity contribution in [2.75, 3.05) is 17.2 Å². The molecule has 1 aromatic heterocycles. The molecule has 0 spiro atoms. The van der Waals surface area contributed by atoms with Crippen molar-refractivity contribution in [1.82, 2.24) is 9.47 Å². The molecule has 2 aromatic carbocycles. The lowest BCUT2D eigenvalue weighted by Crippen LogP contribution is -2.45. The quantitative estimate of drug-likeness (QED) is 0.474. The highest BCUT2D eigenvalue weighted by atomic mass is 79.9. The average molecular weight is 498 g/mol. The van der Waals surface area contributed by atoms with Gasteiger partial charge in [-0.05, 0) is 37.1 Å². The Kier molecular flexibility index (Phi) is 5.95. The molecule has 1 aliphatic rings. The van der Waals surface area contributed by atoms with Gasteiger partial charge in [-0.1, -0.05) is 34.1 Å². The maximum Gasteiger partial charge on any atom is 0.323 e. The second kappa shape index (κ2) is 8.83. The number of rotatable bonds is 4. The molecular weight excluding hydrogens is 478 g/mol. The Hall–Kier alpha value is -3.66. The minimum absolute atomic E-state index is 0.341. The molecule has 164 valence electrons. The number of primary amides is 1. The van der Waals surface area contributed by atoms with E-state index in [0.717, 1.165) is 0 Å². The predicted molar refractivity (Wildman–Crippen MR) is 124 cm³/mol. The van der Waals surface area contributed by atoms with Gasteiger partial charge in [0.2, 0.25) is 5.91 Å². The Bertz CT molecular complexity index is 1240. The number of nitrogens with one attached hydrogen (secondary N) is 2. The van der Waals surface area contributed by atoms with E-state index in [1.165, 1.54) is 15.7 Å². The van der Waals surface area contributed by atoms with Crippen LogP contribution >= 0.6 is 15.9 Å². The van der Waals surface area contributed by atoms with Crippen molar-refractivity contribution >= 4 is 62.5 Å². The van der Waals surface area contributed by atoms with Crippen molar-refractivity contribution in [2.45, 2.75) is 18.9 Å². The maximum atomic E-state index is 13.0. The molecule has 4 amide bonds. The molecule has 4 N–H and O–H groups in total. The fourth-order valence-corrected chi connectivity index (χ4v) is 4.42. The summed E-state index contributed by atoms with van der Waals surface area (Å²) >= 11 is 3.31. The maximum absolute atomic E-state index is 13.0. The van der Waals surface area contributed by atoms with Gasteiger partial charge in [-0.15, -0.1) is 0 Å². The summed E-state index contributed by atoms with van der Waals surface area (Å²) in [7, 11) is 0. The molecular formula is C22H20BrN5O4. The first-order chi connectivity index (χ1) is 15.4. The summed E-state index contributed by atoms with van der Waals surface area (Å²) in [6.45, 7) is 0.413. The third-order valence-corrected chi connectivity index (χ3v) is 5.79. The Morgan fingerprint density at radius 2 is 1.91 bits per heavy atom. The fraction of sp³-hybridized carbons (Fsp3) is 0.182. The SMILES string of the molecule is NC(=O)n1cc(NC(=O)N2CCC[C@H]2C(=O)Nc2cc(Br)cc(C=O)c2)c2ccccc21. The zero-order valence-electron chi connectivity index (χ0n) is 16.9. The largest absolute Gasteiger partial charge is 0.351 e. The molecule has 0 radical (unpaired) electrons. The minimum Gasteiger partial charge on any atom is -0.351 e. The molecule has 0 unspecified atom stereocenters. The number of para-hydroxylation sites is 1. The van der Waals surface area contributed by atoms with Crippen LogP contribution in [0.3, 0.4) is 0 Å². The molecule has 2 heterocycles. The number of urea groups is 1. The normalized spacial score (nSPS) is 15.5. The van der Waals surface area contributed by atoms with Crippen molar-refractivity contribution in [2.24, 2.45) is 5.73 Å². The van der Waals surface area contributed by atoms with Crippen LogP contribution < -0.4 is 16.4 Å². The second-order valence-electron chi connectivity index (χ2n) is 7.43. The van der Waals surface area contributed by atoms with Crippen LogP contribution in [0.2, 0.25) is 0 Å². The summed E-state index contributed by atoms with van der Waals surface area (Å²) in [4.78, 5) is 50.2. The first kappa shape index (κ1) is 21.6. The number of hydrogen-bond acceptors (Lipinski definition) is 4. The van der Waals surface area contributed by atoms with Crippen molar-refractivity contribution in [3.8, 4) is 0 Å². The number of anilines is 2. The number of aromatic nitrogens is 1. The third-order valence-electron chi connectivity index (χ3n) is 5.33. The molecule has 1 atom stereocenters. The zero-order chi connectivity index (χ0) is 22.8. The Morgan fingerprint density at radius 3 is 2.66 bits per heavy atom. The molecule has 10 heteroatoms. The number of likely N-dealkylation sites (tertiary alicyclic amines) is 1. The van der Waals surface area contributed by atoms with Gasteiger partial charge >= 0.3 is 12.1 Å². The van der Waals surface area contributed by atoms with Crippen LogP contribution in [0.5, 0.6) is 0 Å². The summed E-state index contributed by atoms with van der Waals surface area (Å²) in [5.74, 6) is -0.341. The van der Waals surface area contributed by atoms with E-state index in [1.807, 2.05) is 0 Å². The Labute approximate surface area is 191 Å². The molecule has 3 aromatic rings. The molecule has 0 aliphatic carbocycles. The molecule has 32 heavy (non-hydrogen) atoms.